The molecule has 59 heavy (non-hydrogen) atoms. The Labute approximate surface area is 362 Å². The first kappa shape index (κ1) is 43.0. The van der Waals surface area contributed by atoms with Crippen LogP contribution in [0.15, 0.2) is 117 Å². The fraction of sp³-hybridized carbons (Fsp3) is 0.655. The highest BCUT2D eigenvalue weighted by atomic mass is 15.2. The Hall–Kier alpha value is -2.64. The minimum Gasteiger partial charge on any atom is -0.285 e. The lowest BCUT2D eigenvalue weighted by molar-refractivity contribution is 0.166. The lowest BCUT2D eigenvalue weighted by Gasteiger charge is -2.46. The fourth-order valence-corrected chi connectivity index (χ4v) is 13.2. The van der Waals surface area contributed by atoms with Crippen LogP contribution in [0.2, 0.25) is 0 Å². The van der Waals surface area contributed by atoms with Crippen molar-refractivity contribution in [3.05, 3.63) is 117 Å². The first-order valence-corrected chi connectivity index (χ1v) is 25.7. The van der Waals surface area contributed by atoms with Crippen LogP contribution < -0.4 is 0 Å². The zero-order valence-electron chi connectivity index (χ0n) is 38.1. The summed E-state index contributed by atoms with van der Waals surface area (Å²) in [7, 11) is 0. The van der Waals surface area contributed by atoms with Crippen molar-refractivity contribution in [2.45, 2.75) is 200 Å². The van der Waals surface area contributed by atoms with E-state index in [4.69, 9.17) is 0 Å². The number of unbranched alkanes of at least 4 members (excludes halogenated alkanes) is 3. The summed E-state index contributed by atoms with van der Waals surface area (Å²) >= 11 is 0. The second-order valence-electron chi connectivity index (χ2n) is 20.7. The molecule has 0 aromatic rings. The van der Waals surface area contributed by atoms with Gasteiger partial charge in [-0.05, 0) is 165 Å². The van der Waals surface area contributed by atoms with Crippen LogP contribution in [0, 0.1) is 35.5 Å². The number of nitrogens with zero attached hydrogens (tertiary/aromatic N) is 1. The molecule has 0 radical (unpaired) electrons. The third-order valence-corrected chi connectivity index (χ3v) is 16.8. The van der Waals surface area contributed by atoms with E-state index >= 15 is 0 Å². The normalized spacial score (nSPS) is 34.6. The van der Waals surface area contributed by atoms with Gasteiger partial charge in [-0.15, -0.1) is 0 Å². The first-order valence-electron chi connectivity index (χ1n) is 25.7. The molecule has 7 aliphatic carbocycles. The summed E-state index contributed by atoms with van der Waals surface area (Å²) in [5, 5.41) is 0. The molecule has 1 heterocycles. The van der Waals surface area contributed by atoms with E-state index in [-0.39, 0.29) is 0 Å². The Kier molecular flexibility index (Phi) is 15.6. The van der Waals surface area contributed by atoms with Crippen LogP contribution in [-0.2, 0) is 0 Å². The average molecular weight is 794 g/mol. The van der Waals surface area contributed by atoms with E-state index in [0.29, 0.717) is 23.9 Å². The third-order valence-electron chi connectivity index (χ3n) is 16.8. The maximum atomic E-state index is 3.08. The molecular formula is C58H83N. The molecule has 0 spiro atoms. The van der Waals surface area contributed by atoms with Gasteiger partial charge in [0, 0.05) is 24.5 Å². The largest absolute Gasteiger partial charge is 0.285 e. The summed E-state index contributed by atoms with van der Waals surface area (Å²) < 4.78 is 0. The second-order valence-corrected chi connectivity index (χ2v) is 20.7. The molecule has 0 saturated heterocycles. The van der Waals surface area contributed by atoms with Crippen molar-refractivity contribution < 1.29 is 0 Å². The monoisotopic (exact) mass is 794 g/mol. The highest BCUT2D eigenvalue weighted by Crippen LogP contribution is 2.49. The summed E-state index contributed by atoms with van der Waals surface area (Å²) in [5.74, 6) is 4.67. The number of hydrogen-bond donors (Lipinski definition) is 0. The Balaban J connectivity index is 1.16. The van der Waals surface area contributed by atoms with Gasteiger partial charge in [0.15, 0.2) is 0 Å². The van der Waals surface area contributed by atoms with Crippen molar-refractivity contribution in [1.29, 1.82) is 0 Å². The highest BCUT2D eigenvalue weighted by Gasteiger charge is 2.39. The molecule has 2 saturated carbocycles. The SMILES string of the molecule is CCCCCCC(C)C1=CCC(C2=CC=C3/C(C)=C4\C=CCC\C4=C(/C4=CC(C5CCCCC5)CC(C5CCCCC5)C4)CN(C4/C=C\CCC/C=C\CC4)C3C2)C=C1. The maximum Gasteiger partial charge on any atom is 0.0397 e. The summed E-state index contributed by atoms with van der Waals surface area (Å²) in [6.07, 6.45) is 66.2. The Bertz CT molecular complexity index is 1730. The van der Waals surface area contributed by atoms with E-state index in [1.165, 1.54) is 154 Å². The van der Waals surface area contributed by atoms with Gasteiger partial charge in [0.1, 0.15) is 0 Å². The molecule has 6 atom stereocenters. The standard InChI is InChI=1S/C58H83N/c1-4-5-6-14-23-43(2)45-32-34-48(35-33-45)49-36-37-55-44(3)54-30-21-22-31-56(54)57(42-59(58(55)41-49)53-28-19-10-8-7-9-11-20-29-53)52-39-50(46-24-15-12-16-25-46)38-51(40-52)47-26-17-13-18-27-47/h8,10,20-21,29-30,32-34,36-37,39,43,46-48,50-51,53,58H,4-7,9,11-19,22-28,31,35,38,40-42H2,1-3H3/b10-8-,29-20-,54-44+,57-56+. The Morgan fingerprint density at radius 3 is 2.31 bits per heavy atom. The van der Waals surface area contributed by atoms with Crippen LogP contribution >= 0.6 is 0 Å². The van der Waals surface area contributed by atoms with Gasteiger partial charge in [-0.1, -0.05) is 169 Å². The van der Waals surface area contributed by atoms with Gasteiger partial charge >= 0.3 is 0 Å². The molecule has 0 bridgehead atoms. The summed E-state index contributed by atoms with van der Waals surface area (Å²) in [5.41, 5.74) is 13.3. The van der Waals surface area contributed by atoms with E-state index in [0.717, 1.165) is 43.1 Å². The molecule has 1 aliphatic heterocycles. The molecule has 0 N–H and O–H groups in total. The summed E-state index contributed by atoms with van der Waals surface area (Å²) in [6.45, 7) is 8.41. The number of fused-ring (bicyclic) bond motifs is 2. The number of rotatable bonds is 11. The second kappa shape index (κ2) is 21.4. The predicted octanol–water partition coefficient (Wildman–Crippen LogP) is 16.6. The quantitative estimate of drug-likeness (QED) is 0.149. The van der Waals surface area contributed by atoms with Crippen molar-refractivity contribution in [3.8, 4) is 0 Å². The van der Waals surface area contributed by atoms with Gasteiger partial charge in [-0.2, -0.15) is 0 Å². The van der Waals surface area contributed by atoms with Gasteiger partial charge in [-0.3, -0.25) is 4.90 Å². The van der Waals surface area contributed by atoms with Crippen molar-refractivity contribution >= 4 is 0 Å². The van der Waals surface area contributed by atoms with Crippen molar-refractivity contribution in [3.63, 3.8) is 0 Å². The lowest BCUT2D eigenvalue weighted by atomic mass is 9.65. The van der Waals surface area contributed by atoms with Gasteiger partial charge in [0.05, 0.1) is 0 Å². The predicted molar refractivity (Wildman–Crippen MR) is 255 cm³/mol. The van der Waals surface area contributed by atoms with Crippen LogP contribution in [0.3, 0.4) is 0 Å². The topological polar surface area (TPSA) is 3.24 Å². The van der Waals surface area contributed by atoms with Crippen LogP contribution in [-0.4, -0.2) is 23.5 Å². The van der Waals surface area contributed by atoms with Gasteiger partial charge in [-0.25, -0.2) is 0 Å². The van der Waals surface area contributed by atoms with Crippen molar-refractivity contribution in [2.75, 3.05) is 6.54 Å². The summed E-state index contributed by atoms with van der Waals surface area (Å²) in [4.78, 5) is 3.08. The molecular weight excluding hydrogens is 711 g/mol. The van der Waals surface area contributed by atoms with Crippen LogP contribution in [0.4, 0.5) is 0 Å². The minimum atomic E-state index is 0.402. The van der Waals surface area contributed by atoms with E-state index in [1.54, 1.807) is 44.6 Å². The fourth-order valence-electron chi connectivity index (χ4n) is 13.2. The summed E-state index contributed by atoms with van der Waals surface area (Å²) in [6, 6.07) is 0.851. The van der Waals surface area contributed by atoms with Crippen LogP contribution in [0.1, 0.15) is 188 Å². The molecule has 1 nitrogen and oxygen atoms in total. The zero-order valence-corrected chi connectivity index (χ0v) is 38.1. The van der Waals surface area contributed by atoms with E-state index < -0.39 is 0 Å². The van der Waals surface area contributed by atoms with E-state index in [9.17, 15) is 0 Å². The molecule has 0 aromatic heterocycles. The molecule has 0 aromatic carbocycles. The molecule has 8 aliphatic rings. The van der Waals surface area contributed by atoms with E-state index in [2.05, 4.69) is 98.6 Å². The van der Waals surface area contributed by atoms with Crippen LogP contribution in [0.5, 0.6) is 0 Å². The third kappa shape index (κ3) is 10.7. The number of allylic oxidation sites excluding steroid dienone is 14. The molecule has 1 heteroatoms. The molecule has 320 valence electrons. The maximum absolute atomic E-state index is 3.08. The van der Waals surface area contributed by atoms with Crippen LogP contribution in [0.25, 0.3) is 0 Å². The van der Waals surface area contributed by atoms with Crippen molar-refractivity contribution in [2.24, 2.45) is 35.5 Å². The molecule has 0 amide bonds. The molecule has 6 unspecified atom stereocenters. The van der Waals surface area contributed by atoms with E-state index in [1.807, 2.05) is 0 Å². The smallest absolute Gasteiger partial charge is 0.0397 e. The Morgan fingerprint density at radius 1 is 0.712 bits per heavy atom. The lowest BCUT2D eigenvalue weighted by Crippen LogP contribution is -2.47. The average Bonchev–Trinajstić information content (AvgIpc) is 3.29. The van der Waals surface area contributed by atoms with Gasteiger partial charge < -0.3 is 0 Å². The Morgan fingerprint density at radius 2 is 1.51 bits per heavy atom. The molecule has 2 fully saturated rings. The van der Waals surface area contributed by atoms with Gasteiger partial charge in [0.25, 0.3) is 0 Å². The van der Waals surface area contributed by atoms with Gasteiger partial charge in [0.2, 0.25) is 0 Å². The first-order chi connectivity index (χ1) is 29.1. The highest BCUT2D eigenvalue weighted by molar-refractivity contribution is 5.60. The molecule has 8 rings (SSSR count). The zero-order chi connectivity index (χ0) is 40.4. The minimum absolute atomic E-state index is 0.402. The van der Waals surface area contributed by atoms with Crippen molar-refractivity contribution in [1.82, 2.24) is 4.90 Å². The number of hydrogen-bond acceptors (Lipinski definition) is 1.